The molecule has 0 bridgehead atoms. The zero-order valence-corrected chi connectivity index (χ0v) is 15.6. The zero-order valence-electron chi connectivity index (χ0n) is 14.8. The molecule has 8 heteroatoms. The van der Waals surface area contributed by atoms with Crippen LogP contribution in [-0.2, 0) is 21.9 Å². The number of para-hydroxylation sites is 2. The molecule has 1 aromatic carbocycles. The highest BCUT2D eigenvalue weighted by Crippen LogP contribution is 2.29. The van der Waals surface area contributed by atoms with Crippen molar-refractivity contribution in [1.29, 1.82) is 0 Å². The van der Waals surface area contributed by atoms with Gasteiger partial charge in [-0.25, -0.2) is 18.1 Å². The summed E-state index contributed by atoms with van der Waals surface area (Å²) >= 11 is 0. The van der Waals surface area contributed by atoms with Gasteiger partial charge >= 0.3 is 0 Å². The second-order valence-electron chi connectivity index (χ2n) is 6.73. The third-order valence-electron chi connectivity index (χ3n) is 4.75. The Hall–Kier alpha value is -1.93. The maximum absolute atomic E-state index is 12.4. The minimum atomic E-state index is -3.39. The maximum atomic E-state index is 12.4. The van der Waals surface area contributed by atoms with Gasteiger partial charge in [0.1, 0.15) is 5.82 Å². The Bertz CT molecular complexity index is 882. The van der Waals surface area contributed by atoms with Gasteiger partial charge in [-0.1, -0.05) is 12.1 Å². The molecular weight excluding hydrogens is 340 g/mol. The number of hydrogen-bond acceptors (Lipinski definition) is 4. The first-order valence-electron chi connectivity index (χ1n) is 8.43. The van der Waals surface area contributed by atoms with Crippen LogP contribution < -0.4 is 4.72 Å². The predicted molar refractivity (Wildman–Crippen MR) is 96.7 cm³/mol. The van der Waals surface area contributed by atoms with Crippen molar-refractivity contribution in [2.45, 2.75) is 31.7 Å². The van der Waals surface area contributed by atoms with Gasteiger partial charge in [-0.05, 0) is 31.9 Å². The Kier molecular flexibility index (Phi) is 4.83. The molecule has 136 valence electrons. The number of aryl methyl sites for hydroxylation is 1. The topological polar surface area (TPSA) is 84.3 Å². The summed E-state index contributed by atoms with van der Waals surface area (Å²) in [5.74, 6) is 1.18. The smallest absolute Gasteiger partial charge is 0.240 e. The molecule has 25 heavy (non-hydrogen) atoms. The first-order valence-corrected chi connectivity index (χ1v) is 10.3. The maximum Gasteiger partial charge on any atom is 0.240 e. The van der Waals surface area contributed by atoms with E-state index in [9.17, 15) is 13.2 Å². The number of carbonyl (C=O) groups is 1. The monoisotopic (exact) mass is 364 g/mol. The number of rotatable bonds is 4. The average molecular weight is 364 g/mol. The van der Waals surface area contributed by atoms with E-state index < -0.39 is 16.1 Å². The fraction of sp³-hybridized carbons (Fsp3) is 0.529. The van der Waals surface area contributed by atoms with Crippen molar-refractivity contribution >= 4 is 27.0 Å². The van der Waals surface area contributed by atoms with E-state index in [4.69, 9.17) is 4.98 Å². The highest BCUT2D eigenvalue weighted by molar-refractivity contribution is 7.88. The summed E-state index contributed by atoms with van der Waals surface area (Å²) in [5, 5.41) is 0. The second kappa shape index (κ2) is 6.76. The molecule has 0 radical (unpaired) electrons. The van der Waals surface area contributed by atoms with Crippen LogP contribution in [0.3, 0.4) is 0 Å². The number of sulfonamides is 1. The Morgan fingerprint density at radius 2 is 1.92 bits per heavy atom. The van der Waals surface area contributed by atoms with Gasteiger partial charge in [0.2, 0.25) is 15.9 Å². The Morgan fingerprint density at radius 3 is 2.52 bits per heavy atom. The van der Waals surface area contributed by atoms with Gasteiger partial charge in [0, 0.05) is 26.1 Å². The molecule has 7 nitrogen and oxygen atoms in total. The molecule has 1 aliphatic heterocycles. The fourth-order valence-corrected chi connectivity index (χ4v) is 4.28. The number of hydrogen-bond donors (Lipinski definition) is 1. The summed E-state index contributed by atoms with van der Waals surface area (Å²) in [7, 11) is -1.36. The van der Waals surface area contributed by atoms with Crippen LogP contribution in [0.5, 0.6) is 0 Å². The first-order chi connectivity index (χ1) is 11.8. The second-order valence-corrected chi connectivity index (χ2v) is 8.51. The van der Waals surface area contributed by atoms with Crippen molar-refractivity contribution in [1.82, 2.24) is 19.2 Å². The minimum Gasteiger partial charge on any atom is -0.341 e. The van der Waals surface area contributed by atoms with Gasteiger partial charge in [-0.2, -0.15) is 0 Å². The Morgan fingerprint density at radius 1 is 1.28 bits per heavy atom. The van der Waals surface area contributed by atoms with E-state index >= 15 is 0 Å². The molecular formula is C17H24N4O3S. The number of likely N-dealkylation sites (tertiary alicyclic amines) is 1. The van der Waals surface area contributed by atoms with Gasteiger partial charge in [0.25, 0.3) is 0 Å². The summed E-state index contributed by atoms with van der Waals surface area (Å²) in [6, 6.07) is 7.32. The number of carbonyl (C=O) groups excluding carboxylic acids is 1. The fourth-order valence-electron chi connectivity index (χ4n) is 3.53. The SMILES string of the molecule is C[C@H](NS(C)(=O)=O)C(=O)N1CCC(c2nc3ccccc3n2C)CC1. The molecule has 1 amide bonds. The van der Waals surface area contributed by atoms with Crippen molar-refractivity contribution in [3.8, 4) is 0 Å². The van der Waals surface area contributed by atoms with Crippen LogP contribution >= 0.6 is 0 Å². The number of fused-ring (bicyclic) bond motifs is 1. The highest BCUT2D eigenvalue weighted by atomic mass is 32.2. The van der Waals surface area contributed by atoms with Crippen molar-refractivity contribution in [2.75, 3.05) is 19.3 Å². The van der Waals surface area contributed by atoms with Gasteiger partial charge < -0.3 is 9.47 Å². The average Bonchev–Trinajstić information content (AvgIpc) is 2.90. The van der Waals surface area contributed by atoms with E-state index in [-0.39, 0.29) is 5.91 Å². The number of piperidine rings is 1. The molecule has 1 atom stereocenters. The highest BCUT2D eigenvalue weighted by Gasteiger charge is 2.29. The quantitative estimate of drug-likeness (QED) is 0.884. The summed E-state index contributed by atoms with van der Waals surface area (Å²) in [4.78, 5) is 18.9. The van der Waals surface area contributed by atoms with E-state index in [1.807, 2.05) is 25.2 Å². The van der Waals surface area contributed by atoms with Gasteiger partial charge in [0.15, 0.2) is 0 Å². The Balaban J connectivity index is 1.67. The van der Waals surface area contributed by atoms with E-state index in [0.29, 0.717) is 19.0 Å². The van der Waals surface area contributed by atoms with Crippen LogP contribution in [0.4, 0.5) is 0 Å². The minimum absolute atomic E-state index is 0.172. The molecule has 1 N–H and O–H groups in total. The molecule has 1 aromatic heterocycles. The lowest BCUT2D eigenvalue weighted by Crippen LogP contribution is -2.49. The van der Waals surface area contributed by atoms with Crippen molar-refractivity contribution in [2.24, 2.45) is 7.05 Å². The lowest BCUT2D eigenvalue weighted by molar-refractivity contribution is -0.133. The number of nitrogens with one attached hydrogen (secondary N) is 1. The van der Waals surface area contributed by atoms with Crippen LogP contribution in [0.2, 0.25) is 0 Å². The number of aromatic nitrogens is 2. The van der Waals surface area contributed by atoms with E-state index in [1.54, 1.807) is 11.8 Å². The van der Waals surface area contributed by atoms with Crippen LogP contribution in [-0.4, -0.2) is 54.2 Å². The largest absolute Gasteiger partial charge is 0.341 e. The molecule has 2 aromatic rings. The number of imidazole rings is 1. The number of benzene rings is 1. The Labute approximate surface area is 148 Å². The van der Waals surface area contributed by atoms with E-state index in [0.717, 1.165) is 36.0 Å². The molecule has 1 aliphatic rings. The summed E-state index contributed by atoms with van der Waals surface area (Å²) in [5.41, 5.74) is 2.10. The molecule has 2 heterocycles. The lowest BCUT2D eigenvalue weighted by atomic mass is 9.95. The van der Waals surface area contributed by atoms with Crippen LogP contribution in [0.25, 0.3) is 11.0 Å². The molecule has 1 fully saturated rings. The van der Waals surface area contributed by atoms with E-state index in [1.165, 1.54) is 0 Å². The van der Waals surface area contributed by atoms with E-state index in [2.05, 4.69) is 15.4 Å². The summed E-state index contributed by atoms with van der Waals surface area (Å²) in [6.07, 6.45) is 2.72. The summed E-state index contributed by atoms with van der Waals surface area (Å²) in [6.45, 7) is 2.81. The summed E-state index contributed by atoms with van der Waals surface area (Å²) < 4.78 is 27.1. The molecule has 1 saturated heterocycles. The normalized spacial score (nSPS) is 17.8. The van der Waals surface area contributed by atoms with Crippen molar-refractivity contribution in [3.63, 3.8) is 0 Å². The van der Waals surface area contributed by atoms with Crippen molar-refractivity contribution in [3.05, 3.63) is 30.1 Å². The van der Waals surface area contributed by atoms with Gasteiger partial charge in [-0.15, -0.1) is 0 Å². The number of nitrogens with zero attached hydrogens (tertiary/aromatic N) is 3. The van der Waals surface area contributed by atoms with Gasteiger partial charge in [-0.3, -0.25) is 4.79 Å². The van der Waals surface area contributed by atoms with Crippen molar-refractivity contribution < 1.29 is 13.2 Å². The van der Waals surface area contributed by atoms with Crippen LogP contribution in [0.1, 0.15) is 31.5 Å². The predicted octanol–water partition coefficient (Wildman–Crippen LogP) is 1.22. The third kappa shape index (κ3) is 3.85. The first kappa shape index (κ1) is 17.9. The molecule has 0 unspecified atom stereocenters. The molecule has 0 aliphatic carbocycles. The molecule has 0 spiro atoms. The number of amides is 1. The lowest BCUT2D eigenvalue weighted by Gasteiger charge is -2.33. The van der Waals surface area contributed by atoms with Crippen LogP contribution in [0.15, 0.2) is 24.3 Å². The van der Waals surface area contributed by atoms with Crippen LogP contribution in [0, 0.1) is 0 Å². The van der Waals surface area contributed by atoms with Gasteiger partial charge in [0.05, 0.1) is 23.3 Å². The molecule has 3 rings (SSSR count). The third-order valence-corrected chi connectivity index (χ3v) is 5.54. The standard InChI is InChI=1S/C17H24N4O3S/c1-12(19-25(3,23)24)17(22)21-10-8-13(9-11-21)16-18-14-6-4-5-7-15(14)20(16)2/h4-7,12-13,19H,8-11H2,1-3H3/t12-/m0/s1. The molecule has 0 saturated carbocycles. The zero-order chi connectivity index (χ0) is 18.2.